The Morgan fingerprint density at radius 3 is 1.67 bits per heavy atom. The van der Waals surface area contributed by atoms with Crippen LogP contribution in [0.15, 0.2) is 0 Å². The van der Waals surface area contributed by atoms with Crippen molar-refractivity contribution < 1.29 is 36.8 Å². The van der Waals surface area contributed by atoms with Gasteiger partial charge in [-0.05, 0) is 0 Å². The molecule has 0 saturated carbocycles. The van der Waals surface area contributed by atoms with Gasteiger partial charge in [-0.15, -0.1) is 10.1 Å². The van der Waals surface area contributed by atoms with Crippen molar-refractivity contribution >= 4 is 0 Å². The van der Waals surface area contributed by atoms with Gasteiger partial charge in [-0.25, -0.2) is 0 Å². The van der Waals surface area contributed by atoms with E-state index in [4.69, 9.17) is 15.3 Å². The molecule has 0 radical (unpaired) electrons. The maximum Gasteiger partial charge on any atom is 0.291 e. The summed E-state index contributed by atoms with van der Waals surface area (Å²) in [6, 6.07) is 0. The summed E-state index contributed by atoms with van der Waals surface area (Å²) in [5.41, 5.74) is 0. The van der Waals surface area contributed by atoms with Crippen molar-refractivity contribution in [3.63, 3.8) is 0 Å². The molecule has 0 aliphatic rings. The average molecular weight is 276 g/mol. The zero-order valence-corrected chi connectivity index (χ0v) is 4.80. The summed E-state index contributed by atoms with van der Waals surface area (Å²) in [5, 5.41) is 13.6. The molecular weight excluding hydrogens is 273 g/mol. The summed E-state index contributed by atoms with van der Waals surface area (Å²) in [4.78, 5) is 8.36. The molecule has 0 unspecified atom stereocenters. The summed E-state index contributed by atoms with van der Waals surface area (Å²) >= 11 is 0. The monoisotopic (exact) mass is 276 g/mol. The van der Waals surface area contributed by atoms with Crippen LogP contribution in [0.2, 0.25) is 0 Å². The Labute approximate surface area is 47.6 Å². The van der Waals surface area contributed by atoms with Gasteiger partial charge in [0.2, 0.25) is 0 Å². The average Bonchev–Trinajstić information content (AvgIpc) is 0.811. The first-order valence-corrected chi connectivity index (χ1v) is 0.565. The molecule has 0 aromatic heterocycles. The first-order chi connectivity index (χ1) is 1.73. The van der Waals surface area contributed by atoms with Gasteiger partial charge in [-0.3, -0.25) is 0 Å². The number of hydrogen-bond donors (Lipinski definition) is 1. The molecule has 5 nitrogen and oxygen atoms in total. The van der Waals surface area contributed by atoms with Crippen molar-refractivity contribution in [2.75, 3.05) is 0 Å². The van der Waals surface area contributed by atoms with E-state index in [2.05, 4.69) is 0 Å². The minimum atomic E-state index is -1.50. The molecule has 42 valence electrons. The maximum absolute atomic E-state index is 8.36. The molecule has 0 rings (SSSR count). The van der Waals surface area contributed by atoms with E-state index >= 15 is 0 Å². The summed E-state index contributed by atoms with van der Waals surface area (Å²) in [6.45, 7) is 0. The molecule has 0 aromatic rings. The van der Waals surface area contributed by atoms with E-state index in [1.807, 2.05) is 0 Å². The molecule has 0 spiro atoms. The summed E-state index contributed by atoms with van der Waals surface area (Å²) in [6.07, 6.45) is 0. The van der Waals surface area contributed by atoms with E-state index in [-0.39, 0.29) is 26.5 Å². The first kappa shape index (κ1) is 16.9. The number of nitrogens with zero attached hydrogens (tertiary/aromatic N) is 1. The van der Waals surface area contributed by atoms with Crippen LogP contribution < -0.4 is 0 Å². The molecule has 6 heteroatoms. The molecule has 0 aliphatic carbocycles. The Bertz CT molecular complexity index is 30.5. The van der Waals surface area contributed by atoms with E-state index in [0.29, 0.717) is 0 Å². The first-order valence-electron chi connectivity index (χ1n) is 0.565. The van der Waals surface area contributed by atoms with Crippen LogP contribution in [0.1, 0.15) is 0 Å². The van der Waals surface area contributed by atoms with Gasteiger partial charge in [0.25, 0.3) is 5.09 Å². The van der Waals surface area contributed by atoms with Gasteiger partial charge in [0, 0.05) is 21.1 Å². The molecule has 0 bridgehead atoms. The van der Waals surface area contributed by atoms with Gasteiger partial charge >= 0.3 is 0 Å². The minimum Gasteiger partial charge on any atom is -0.412 e. The van der Waals surface area contributed by atoms with Gasteiger partial charge in [-0.1, -0.05) is 0 Å². The third kappa shape index (κ3) is 1360. The number of hydrogen-bond acceptors (Lipinski definition) is 2. The molecule has 6 heavy (non-hydrogen) atoms. The topological polar surface area (TPSA) is 94.9 Å². The number of rotatable bonds is 0. The standard InChI is InChI=1S/HNO3.H2O.Pt/c2-1(3)4;;/h(H,2,3,4);1H2;. The van der Waals surface area contributed by atoms with Crippen LogP contribution in [0.25, 0.3) is 0 Å². The van der Waals surface area contributed by atoms with Gasteiger partial charge in [0.15, 0.2) is 0 Å². The summed E-state index contributed by atoms with van der Waals surface area (Å²) in [5.74, 6) is 0. The molecule has 0 amide bonds. The van der Waals surface area contributed by atoms with Crippen LogP contribution in [0.3, 0.4) is 0 Å². The van der Waals surface area contributed by atoms with Gasteiger partial charge in [0.1, 0.15) is 0 Å². The smallest absolute Gasteiger partial charge is 0.291 e. The van der Waals surface area contributed by atoms with Gasteiger partial charge in [0.05, 0.1) is 0 Å². The predicted octanol–water partition coefficient (Wildman–Crippen LogP) is -1.17. The third-order valence-electron chi connectivity index (χ3n) is 0. The zero-order valence-electron chi connectivity index (χ0n) is 2.53. The molecular formula is H3NO4Pt. The Hall–Kier alpha value is -0.152. The summed E-state index contributed by atoms with van der Waals surface area (Å²) < 4.78 is 0. The van der Waals surface area contributed by atoms with Crippen molar-refractivity contribution in [3.05, 3.63) is 10.1 Å². The second-order valence-corrected chi connectivity index (χ2v) is 0.238. The van der Waals surface area contributed by atoms with Crippen molar-refractivity contribution in [1.82, 2.24) is 0 Å². The molecule has 0 aromatic carbocycles. The fraction of sp³-hybridized carbons (Fsp3) is 0. The SMILES string of the molecule is O.O=[N+]([O-])O.[Pt]. The van der Waals surface area contributed by atoms with Crippen LogP contribution in [0, 0.1) is 10.1 Å². The molecule has 0 heterocycles. The molecule has 3 N–H and O–H groups in total. The van der Waals surface area contributed by atoms with E-state index in [1.54, 1.807) is 0 Å². The molecule has 0 saturated heterocycles. The Morgan fingerprint density at radius 1 is 1.67 bits per heavy atom. The van der Waals surface area contributed by atoms with Gasteiger partial charge < -0.3 is 10.7 Å². The van der Waals surface area contributed by atoms with Crippen LogP contribution >= 0.6 is 0 Å². The van der Waals surface area contributed by atoms with E-state index in [9.17, 15) is 0 Å². The summed E-state index contributed by atoms with van der Waals surface area (Å²) in [7, 11) is 0. The molecule has 0 atom stereocenters. The normalized spacial score (nSPS) is 4.00. The van der Waals surface area contributed by atoms with E-state index < -0.39 is 5.09 Å². The van der Waals surface area contributed by atoms with Crippen molar-refractivity contribution in [1.29, 1.82) is 0 Å². The second kappa shape index (κ2) is 8.85. The van der Waals surface area contributed by atoms with E-state index in [1.165, 1.54) is 0 Å². The Balaban J connectivity index is -0.0000000450. The maximum atomic E-state index is 8.36. The minimum absolute atomic E-state index is 0. The van der Waals surface area contributed by atoms with Crippen LogP contribution in [0.4, 0.5) is 0 Å². The second-order valence-electron chi connectivity index (χ2n) is 0.238. The van der Waals surface area contributed by atoms with E-state index in [0.717, 1.165) is 0 Å². The van der Waals surface area contributed by atoms with Crippen molar-refractivity contribution in [2.24, 2.45) is 0 Å². The predicted molar refractivity (Wildman–Crippen MR) is 12.4 cm³/mol. The molecule has 0 fully saturated rings. The largest absolute Gasteiger partial charge is 0.412 e. The fourth-order valence-corrected chi connectivity index (χ4v) is 0. The zero-order chi connectivity index (χ0) is 3.58. The van der Waals surface area contributed by atoms with Crippen LogP contribution in [0.5, 0.6) is 0 Å². The Kier molecular flexibility index (Phi) is 25.0. The van der Waals surface area contributed by atoms with Crippen LogP contribution in [-0.2, 0) is 21.1 Å². The van der Waals surface area contributed by atoms with Gasteiger partial charge in [-0.2, -0.15) is 0 Å². The van der Waals surface area contributed by atoms with Crippen molar-refractivity contribution in [3.8, 4) is 0 Å². The molecule has 0 aliphatic heterocycles. The van der Waals surface area contributed by atoms with Crippen LogP contribution in [-0.4, -0.2) is 15.8 Å². The Morgan fingerprint density at radius 2 is 1.67 bits per heavy atom. The van der Waals surface area contributed by atoms with Crippen molar-refractivity contribution in [2.45, 2.75) is 0 Å². The quantitative estimate of drug-likeness (QED) is 0.446. The third-order valence-corrected chi connectivity index (χ3v) is 0. The fourth-order valence-electron chi connectivity index (χ4n) is 0.